The smallest absolute Gasteiger partial charge is 0.301 e. The van der Waals surface area contributed by atoms with Crippen LogP contribution in [0, 0.1) is 6.92 Å². The second-order valence-corrected chi connectivity index (χ2v) is 7.68. The molecular formula is C14H22ClN3O2S. The molecule has 1 fully saturated rings. The zero-order chi connectivity index (χ0) is 15.5. The molecular weight excluding hydrogens is 310 g/mol. The van der Waals surface area contributed by atoms with Crippen molar-refractivity contribution in [3.8, 4) is 0 Å². The van der Waals surface area contributed by atoms with E-state index < -0.39 is 10.2 Å². The summed E-state index contributed by atoms with van der Waals surface area (Å²) in [4.78, 5) is 0. The fraction of sp³-hybridized carbons (Fsp3) is 0.571. The monoisotopic (exact) mass is 331 g/mol. The highest BCUT2D eigenvalue weighted by Gasteiger charge is 2.21. The van der Waals surface area contributed by atoms with Crippen molar-refractivity contribution in [1.29, 1.82) is 0 Å². The van der Waals surface area contributed by atoms with Crippen molar-refractivity contribution in [2.75, 3.05) is 24.9 Å². The van der Waals surface area contributed by atoms with Gasteiger partial charge in [-0.15, -0.1) is 0 Å². The second-order valence-electron chi connectivity index (χ2n) is 5.49. The average Bonchev–Trinajstić information content (AvgIpc) is 3.22. The number of nitrogens with zero attached hydrogens (tertiary/aromatic N) is 1. The number of aryl methyl sites for hydroxylation is 1. The van der Waals surface area contributed by atoms with Crippen LogP contribution in [-0.2, 0) is 10.2 Å². The van der Waals surface area contributed by atoms with Crippen LogP contribution < -0.4 is 10.0 Å². The molecule has 0 aromatic heterocycles. The van der Waals surface area contributed by atoms with E-state index in [2.05, 4.69) is 10.0 Å². The first-order valence-electron chi connectivity index (χ1n) is 7.12. The number of halogens is 1. The Morgan fingerprint density at radius 1 is 1.38 bits per heavy atom. The van der Waals surface area contributed by atoms with Crippen LogP contribution in [0.1, 0.15) is 24.8 Å². The van der Waals surface area contributed by atoms with Gasteiger partial charge < -0.3 is 5.32 Å². The minimum atomic E-state index is -3.56. The number of nitrogens with one attached hydrogen (secondary N) is 2. The summed E-state index contributed by atoms with van der Waals surface area (Å²) in [6.45, 7) is 3.22. The molecule has 0 radical (unpaired) electrons. The Morgan fingerprint density at radius 3 is 2.71 bits per heavy atom. The van der Waals surface area contributed by atoms with E-state index in [9.17, 15) is 8.42 Å². The third-order valence-corrected chi connectivity index (χ3v) is 5.23. The fourth-order valence-corrected chi connectivity index (χ4v) is 3.25. The summed E-state index contributed by atoms with van der Waals surface area (Å²) < 4.78 is 28.3. The van der Waals surface area contributed by atoms with Crippen molar-refractivity contribution in [2.24, 2.45) is 0 Å². The van der Waals surface area contributed by atoms with Crippen LogP contribution in [-0.4, -0.2) is 38.9 Å². The molecule has 0 amide bonds. The molecule has 0 aliphatic heterocycles. The first-order chi connectivity index (χ1) is 9.88. The van der Waals surface area contributed by atoms with Crippen LogP contribution in [0.15, 0.2) is 18.2 Å². The molecule has 1 saturated carbocycles. The normalized spacial score (nSPS) is 15.4. The first-order valence-corrected chi connectivity index (χ1v) is 8.94. The maximum atomic E-state index is 12.2. The Balaban J connectivity index is 1.86. The highest BCUT2D eigenvalue weighted by molar-refractivity contribution is 7.90. The Kier molecular flexibility index (Phi) is 5.48. The lowest BCUT2D eigenvalue weighted by Gasteiger charge is -2.19. The molecule has 2 rings (SSSR count). The molecule has 1 aromatic rings. The molecule has 0 saturated heterocycles. The van der Waals surface area contributed by atoms with Crippen molar-refractivity contribution in [2.45, 2.75) is 32.2 Å². The lowest BCUT2D eigenvalue weighted by molar-refractivity contribution is 0.458. The zero-order valence-electron chi connectivity index (χ0n) is 12.4. The minimum Gasteiger partial charge on any atom is -0.314 e. The predicted molar refractivity (Wildman–Crippen MR) is 87.0 cm³/mol. The van der Waals surface area contributed by atoms with E-state index in [1.807, 2.05) is 13.0 Å². The lowest BCUT2D eigenvalue weighted by atomic mass is 10.2. The molecule has 118 valence electrons. The number of benzene rings is 1. The minimum absolute atomic E-state index is 0.405. The molecule has 0 heterocycles. The van der Waals surface area contributed by atoms with Crippen LogP contribution in [0.2, 0.25) is 5.02 Å². The van der Waals surface area contributed by atoms with Gasteiger partial charge in [0.2, 0.25) is 0 Å². The molecule has 1 aromatic carbocycles. The van der Waals surface area contributed by atoms with Gasteiger partial charge in [0.15, 0.2) is 0 Å². The summed E-state index contributed by atoms with van der Waals surface area (Å²) in [5.74, 6) is 0. The first kappa shape index (κ1) is 16.5. The molecule has 0 spiro atoms. The van der Waals surface area contributed by atoms with Gasteiger partial charge in [-0.05, 0) is 50.4 Å². The maximum Gasteiger partial charge on any atom is 0.301 e. The third kappa shape index (κ3) is 5.14. The lowest BCUT2D eigenvalue weighted by Crippen LogP contribution is -2.34. The molecule has 1 aliphatic carbocycles. The van der Waals surface area contributed by atoms with E-state index >= 15 is 0 Å². The summed E-state index contributed by atoms with van der Waals surface area (Å²) in [6.07, 6.45) is 3.26. The summed E-state index contributed by atoms with van der Waals surface area (Å²) in [5, 5.41) is 3.77. The van der Waals surface area contributed by atoms with E-state index in [1.54, 1.807) is 19.2 Å². The standard InChI is InChI=1S/C14H22ClN3O2S/c1-11-4-7-14(13(15)10-11)17-21(19,20)18(2)9-3-8-16-12-5-6-12/h4,7,10,12,16-17H,3,5-6,8-9H2,1-2H3. The van der Waals surface area contributed by atoms with Gasteiger partial charge in [-0.25, -0.2) is 0 Å². The van der Waals surface area contributed by atoms with Gasteiger partial charge in [0, 0.05) is 19.6 Å². The maximum absolute atomic E-state index is 12.2. The zero-order valence-corrected chi connectivity index (χ0v) is 14.0. The van der Waals surface area contributed by atoms with Crippen LogP contribution in [0.25, 0.3) is 0 Å². The number of hydrogen-bond donors (Lipinski definition) is 2. The molecule has 0 bridgehead atoms. The molecule has 21 heavy (non-hydrogen) atoms. The molecule has 1 aliphatic rings. The average molecular weight is 332 g/mol. The van der Waals surface area contributed by atoms with Gasteiger partial charge in [-0.3, -0.25) is 4.72 Å². The Morgan fingerprint density at radius 2 is 2.10 bits per heavy atom. The Bertz CT molecular complexity index is 588. The number of rotatable bonds is 8. The number of anilines is 1. The van der Waals surface area contributed by atoms with Crippen LogP contribution in [0.4, 0.5) is 5.69 Å². The van der Waals surface area contributed by atoms with Gasteiger partial charge >= 0.3 is 10.2 Å². The molecule has 0 atom stereocenters. The van der Waals surface area contributed by atoms with E-state index in [0.717, 1.165) is 18.5 Å². The summed E-state index contributed by atoms with van der Waals surface area (Å²) in [7, 11) is -1.99. The molecule has 7 heteroatoms. The molecule has 2 N–H and O–H groups in total. The highest BCUT2D eigenvalue weighted by Crippen LogP contribution is 2.24. The van der Waals surface area contributed by atoms with Crippen LogP contribution in [0.5, 0.6) is 0 Å². The van der Waals surface area contributed by atoms with Gasteiger partial charge in [0.05, 0.1) is 10.7 Å². The van der Waals surface area contributed by atoms with Crippen molar-refractivity contribution in [1.82, 2.24) is 9.62 Å². The van der Waals surface area contributed by atoms with Gasteiger partial charge in [0.25, 0.3) is 0 Å². The van der Waals surface area contributed by atoms with Crippen LogP contribution in [0.3, 0.4) is 0 Å². The van der Waals surface area contributed by atoms with Gasteiger partial charge in [-0.1, -0.05) is 17.7 Å². The number of hydrogen-bond acceptors (Lipinski definition) is 3. The topological polar surface area (TPSA) is 61.4 Å². The van der Waals surface area contributed by atoms with Gasteiger partial charge in [-0.2, -0.15) is 12.7 Å². The van der Waals surface area contributed by atoms with Crippen molar-refractivity contribution in [3.05, 3.63) is 28.8 Å². The molecule has 0 unspecified atom stereocenters. The van der Waals surface area contributed by atoms with Crippen molar-refractivity contribution in [3.63, 3.8) is 0 Å². The van der Waals surface area contributed by atoms with Crippen molar-refractivity contribution >= 4 is 27.5 Å². The quantitative estimate of drug-likeness (QED) is 0.719. The summed E-state index contributed by atoms with van der Waals surface area (Å²) in [6, 6.07) is 5.89. The van der Waals surface area contributed by atoms with E-state index in [4.69, 9.17) is 11.6 Å². The summed E-state index contributed by atoms with van der Waals surface area (Å²) >= 11 is 6.05. The van der Waals surface area contributed by atoms with Crippen LogP contribution >= 0.6 is 11.6 Å². The van der Waals surface area contributed by atoms with E-state index in [0.29, 0.717) is 23.3 Å². The third-order valence-electron chi connectivity index (χ3n) is 3.43. The SMILES string of the molecule is Cc1ccc(NS(=O)(=O)N(C)CCCNC2CC2)c(Cl)c1. The predicted octanol–water partition coefficient (Wildman–Crippen LogP) is 2.38. The Hall–Kier alpha value is -0.820. The van der Waals surface area contributed by atoms with E-state index in [1.165, 1.54) is 17.1 Å². The van der Waals surface area contributed by atoms with E-state index in [-0.39, 0.29) is 0 Å². The van der Waals surface area contributed by atoms with Gasteiger partial charge in [0.1, 0.15) is 0 Å². The fourth-order valence-electron chi connectivity index (χ4n) is 1.94. The second kappa shape index (κ2) is 6.96. The largest absolute Gasteiger partial charge is 0.314 e. The van der Waals surface area contributed by atoms with Crippen molar-refractivity contribution < 1.29 is 8.42 Å². The Labute approximate surface area is 131 Å². The molecule has 5 nitrogen and oxygen atoms in total. The highest BCUT2D eigenvalue weighted by atomic mass is 35.5. The summed E-state index contributed by atoms with van der Waals surface area (Å²) in [5.41, 5.74) is 1.40.